The van der Waals surface area contributed by atoms with Gasteiger partial charge in [0.05, 0.1) is 21.5 Å². The van der Waals surface area contributed by atoms with E-state index in [9.17, 15) is 9.59 Å². The van der Waals surface area contributed by atoms with E-state index in [2.05, 4.69) is 4.98 Å². The number of thiazole rings is 1. The number of benzene rings is 2. The fourth-order valence-corrected chi connectivity index (χ4v) is 4.09. The van der Waals surface area contributed by atoms with Crippen molar-refractivity contribution in [3.63, 3.8) is 0 Å². The number of aromatic nitrogens is 1. The van der Waals surface area contributed by atoms with Crippen molar-refractivity contribution >= 4 is 50.8 Å². The zero-order valence-corrected chi connectivity index (χ0v) is 16.7. The Bertz CT molecular complexity index is 1080. The largest absolute Gasteiger partial charge is 0.459 e. The number of nitrogens with zero attached hydrogens (tertiary/aromatic N) is 2. The summed E-state index contributed by atoms with van der Waals surface area (Å²) in [5.74, 6) is -0.650. The summed E-state index contributed by atoms with van der Waals surface area (Å²) < 4.78 is 6.46. The fourth-order valence-electron chi connectivity index (χ4n) is 3.18. The number of carbonyl (C=O) groups excluding carboxylic acids is 2. The van der Waals surface area contributed by atoms with Crippen LogP contribution in [0.25, 0.3) is 21.9 Å². The quantitative estimate of drug-likeness (QED) is 0.486. The smallest absolute Gasteiger partial charge is 0.326 e. The van der Waals surface area contributed by atoms with E-state index in [0.29, 0.717) is 11.3 Å². The predicted molar refractivity (Wildman–Crippen MR) is 112 cm³/mol. The van der Waals surface area contributed by atoms with Gasteiger partial charge in [0.2, 0.25) is 0 Å². The van der Waals surface area contributed by atoms with Gasteiger partial charge in [-0.1, -0.05) is 30.3 Å². The van der Waals surface area contributed by atoms with Gasteiger partial charge in [0.15, 0.2) is 0 Å². The van der Waals surface area contributed by atoms with E-state index < -0.39 is 11.6 Å². The molecule has 6 heteroatoms. The zero-order chi connectivity index (χ0) is 19.9. The molecule has 1 aromatic heterocycles. The molecule has 142 valence electrons. The molecule has 5 nitrogen and oxygen atoms in total. The Morgan fingerprint density at radius 1 is 1.14 bits per heavy atom. The molecule has 2 heterocycles. The number of carbonyl (C=O) groups is 2. The van der Waals surface area contributed by atoms with E-state index >= 15 is 0 Å². The average Bonchev–Trinajstić information content (AvgIpc) is 3.15. The summed E-state index contributed by atoms with van der Waals surface area (Å²) in [4.78, 5) is 31.5. The summed E-state index contributed by atoms with van der Waals surface area (Å²) in [6, 6.07) is 15.3. The average molecular weight is 392 g/mol. The number of ether oxygens (including phenoxy) is 1. The normalized spacial score (nSPS) is 15.3. The fraction of sp³-hybridized carbons (Fsp3) is 0.227. The summed E-state index contributed by atoms with van der Waals surface area (Å²) in [6.45, 7) is 5.31. The third-order valence-corrected chi connectivity index (χ3v) is 5.23. The van der Waals surface area contributed by atoms with Crippen molar-refractivity contribution < 1.29 is 14.3 Å². The van der Waals surface area contributed by atoms with Gasteiger partial charge >= 0.3 is 5.97 Å². The number of para-hydroxylation sites is 2. The first-order chi connectivity index (χ1) is 13.3. The van der Waals surface area contributed by atoms with E-state index in [1.54, 1.807) is 6.08 Å². The first-order valence-corrected chi connectivity index (χ1v) is 9.84. The summed E-state index contributed by atoms with van der Waals surface area (Å²) in [7, 11) is 0. The van der Waals surface area contributed by atoms with E-state index in [1.807, 2.05) is 69.3 Å². The number of rotatable bonds is 3. The van der Waals surface area contributed by atoms with Crippen molar-refractivity contribution in [2.75, 3.05) is 11.4 Å². The number of amides is 1. The van der Waals surface area contributed by atoms with Gasteiger partial charge in [-0.05, 0) is 45.0 Å². The lowest BCUT2D eigenvalue weighted by molar-refractivity contribution is -0.153. The third kappa shape index (κ3) is 3.55. The van der Waals surface area contributed by atoms with Crippen LogP contribution < -0.4 is 4.90 Å². The standard InChI is InChI=1S/C22H20N2O3S/c1-22(2,3)27-20(25)13-24-17-10-6-4-8-14(17)15(21(24)26)12-19-23-16-9-5-7-11-18(16)28-19/h4-12H,13H2,1-3H3/b15-12+. The molecule has 0 N–H and O–H groups in total. The van der Waals surface area contributed by atoms with Gasteiger partial charge in [0, 0.05) is 5.56 Å². The van der Waals surface area contributed by atoms with Crippen molar-refractivity contribution in [3.05, 3.63) is 59.1 Å². The van der Waals surface area contributed by atoms with Gasteiger partial charge in [-0.3, -0.25) is 14.5 Å². The van der Waals surface area contributed by atoms with Crippen LogP contribution in [0.1, 0.15) is 31.3 Å². The molecular formula is C22H20N2O3S. The summed E-state index contributed by atoms with van der Waals surface area (Å²) in [5, 5.41) is 0.762. The first-order valence-electron chi connectivity index (χ1n) is 9.02. The Hall–Kier alpha value is -2.99. The van der Waals surface area contributed by atoms with Crippen molar-refractivity contribution in [2.24, 2.45) is 0 Å². The Morgan fingerprint density at radius 2 is 1.86 bits per heavy atom. The third-order valence-electron chi connectivity index (χ3n) is 4.25. The van der Waals surface area contributed by atoms with Crippen molar-refractivity contribution in [1.82, 2.24) is 4.98 Å². The molecule has 0 atom stereocenters. The maximum Gasteiger partial charge on any atom is 0.326 e. The van der Waals surface area contributed by atoms with Gasteiger partial charge in [0.1, 0.15) is 17.2 Å². The second-order valence-electron chi connectivity index (χ2n) is 7.57. The molecule has 28 heavy (non-hydrogen) atoms. The lowest BCUT2D eigenvalue weighted by Crippen LogP contribution is -2.36. The number of fused-ring (bicyclic) bond motifs is 2. The highest BCUT2D eigenvalue weighted by Gasteiger charge is 2.34. The topological polar surface area (TPSA) is 59.5 Å². The zero-order valence-electron chi connectivity index (χ0n) is 15.9. The van der Waals surface area contributed by atoms with Crippen LogP contribution >= 0.6 is 11.3 Å². The Morgan fingerprint density at radius 3 is 2.61 bits per heavy atom. The van der Waals surface area contributed by atoms with Crippen LogP contribution in [0, 0.1) is 0 Å². The summed E-state index contributed by atoms with van der Waals surface area (Å²) >= 11 is 1.53. The maximum atomic E-state index is 13.1. The molecule has 1 amide bonds. The van der Waals surface area contributed by atoms with Crippen molar-refractivity contribution in [1.29, 1.82) is 0 Å². The van der Waals surface area contributed by atoms with Crippen LogP contribution in [-0.2, 0) is 14.3 Å². The monoisotopic (exact) mass is 392 g/mol. The highest BCUT2D eigenvalue weighted by Crippen LogP contribution is 2.38. The first kappa shape index (κ1) is 18.4. The van der Waals surface area contributed by atoms with Crippen LogP contribution in [-0.4, -0.2) is 29.0 Å². The molecule has 0 spiro atoms. The minimum Gasteiger partial charge on any atom is -0.459 e. The van der Waals surface area contributed by atoms with E-state index in [-0.39, 0.29) is 12.5 Å². The van der Waals surface area contributed by atoms with Crippen LogP contribution in [0.4, 0.5) is 5.69 Å². The van der Waals surface area contributed by atoms with Crippen LogP contribution in [0.3, 0.4) is 0 Å². The molecular weight excluding hydrogens is 372 g/mol. The van der Waals surface area contributed by atoms with Gasteiger partial charge in [-0.15, -0.1) is 11.3 Å². The number of anilines is 1. The molecule has 0 unspecified atom stereocenters. The molecule has 0 saturated carbocycles. The van der Waals surface area contributed by atoms with E-state index in [1.165, 1.54) is 16.2 Å². The van der Waals surface area contributed by atoms with Gasteiger partial charge in [-0.25, -0.2) is 4.98 Å². The van der Waals surface area contributed by atoms with Crippen LogP contribution in [0.5, 0.6) is 0 Å². The number of hydrogen-bond acceptors (Lipinski definition) is 5. The van der Waals surface area contributed by atoms with E-state index in [4.69, 9.17) is 4.74 Å². The molecule has 0 saturated heterocycles. The molecule has 0 bridgehead atoms. The van der Waals surface area contributed by atoms with Gasteiger partial charge in [-0.2, -0.15) is 0 Å². The Labute approximate surface area is 167 Å². The molecule has 0 fully saturated rings. The molecule has 2 aromatic carbocycles. The predicted octanol–water partition coefficient (Wildman–Crippen LogP) is 4.53. The van der Waals surface area contributed by atoms with Gasteiger partial charge < -0.3 is 4.74 Å². The minimum absolute atomic E-state index is 0.121. The molecule has 1 aliphatic heterocycles. The molecule has 0 aliphatic carbocycles. The molecule has 0 radical (unpaired) electrons. The number of hydrogen-bond donors (Lipinski definition) is 0. The molecule has 1 aliphatic rings. The second-order valence-corrected chi connectivity index (χ2v) is 8.63. The molecule has 4 rings (SSSR count). The van der Waals surface area contributed by atoms with Crippen molar-refractivity contribution in [2.45, 2.75) is 26.4 Å². The lowest BCUT2D eigenvalue weighted by Gasteiger charge is -2.22. The number of esters is 1. The maximum absolute atomic E-state index is 13.1. The summed E-state index contributed by atoms with van der Waals surface area (Å²) in [5.41, 5.74) is 2.36. The Kier molecular flexibility index (Phi) is 4.51. The molecule has 3 aromatic rings. The highest BCUT2D eigenvalue weighted by atomic mass is 32.1. The lowest BCUT2D eigenvalue weighted by atomic mass is 10.1. The Balaban J connectivity index is 1.69. The highest BCUT2D eigenvalue weighted by molar-refractivity contribution is 7.19. The van der Waals surface area contributed by atoms with E-state index in [0.717, 1.165) is 20.8 Å². The van der Waals surface area contributed by atoms with Gasteiger partial charge in [0.25, 0.3) is 5.91 Å². The van der Waals surface area contributed by atoms with Crippen molar-refractivity contribution in [3.8, 4) is 0 Å². The van der Waals surface area contributed by atoms with Crippen LogP contribution in [0.15, 0.2) is 48.5 Å². The minimum atomic E-state index is -0.598. The van der Waals surface area contributed by atoms with Crippen LogP contribution in [0.2, 0.25) is 0 Å². The SMILES string of the molecule is CC(C)(C)OC(=O)CN1C(=O)/C(=C/c2nc3ccccc3s2)c2ccccc21. The second kappa shape index (κ2) is 6.87. The summed E-state index contributed by atoms with van der Waals surface area (Å²) in [6.07, 6.45) is 1.81.